The number of rotatable bonds is 3. The molecule has 2 rings (SSSR count). The highest BCUT2D eigenvalue weighted by molar-refractivity contribution is 5.48. The normalized spacial score (nSPS) is 9.68. The van der Waals surface area contributed by atoms with E-state index in [9.17, 15) is 0 Å². The van der Waals surface area contributed by atoms with E-state index in [1.165, 1.54) is 4.68 Å². The molecule has 0 fully saturated rings. The molecule has 1 heterocycles. The third kappa shape index (κ3) is 2.72. The number of aryl methyl sites for hydroxylation is 2. The van der Waals surface area contributed by atoms with Crippen molar-refractivity contribution in [2.75, 3.05) is 0 Å². The van der Waals surface area contributed by atoms with Crippen LogP contribution in [0.1, 0.15) is 16.7 Å². The molecular formula is C14H12N4O. The van der Waals surface area contributed by atoms with E-state index in [4.69, 9.17) is 15.3 Å². The molecular weight excluding hydrogens is 240 g/mol. The first-order chi connectivity index (χ1) is 9.13. The monoisotopic (exact) mass is 252 g/mol. The van der Waals surface area contributed by atoms with E-state index < -0.39 is 0 Å². The molecule has 0 spiro atoms. The quantitative estimate of drug-likeness (QED) is 0.841. The van der Waals surface area contributed by atoms with Gasteiger partial charge in [0.25, 0.3) is 0 Å². The highest BCUT2D eigenvalue weighted by Gasteiger charge is 2.07. The van der Waals surface area contributed by atoms with Crippen LogP contribution in [0.15, 0.2) is 24.5 Å². The fourth-order valence-electron chi connectivity index (χ4n) is 1.85. The molecule has 0 N–H and O–H groups in total. The first-order valence-corrected chi connectivity index (χ1v) is 5.72. The molecule has 0 saturated carbocycles. The predicted octanol–water partition coefficient (Wildman–Crippen LogP) is 2.69. The van der Waals surface area contributed by atoms with Crippen molar-refractivity contribution >= 4 is 0 Å². The molecule has 0 bridgehead atoms. The SMILES string of the molecule is Cc1cc(Oc2cnn(CC#N)c2)cc(C)c1C#N. The lowest BCUT2D eigenvalue weighted by Crippen LogP contribution is -1.94. The lowest BCUT2D eigenvalue weighted by Gasteiger charge is -2.07. The second-order valence-corrected chi connectivity index (χ2v) is 4.18. The highest BCUT2D eigenvalue weighted by Crippen LogP contribution is 2.25. The predicted molar refractivity (Wildman–Crippen MR) is 68.5 cm³/mol. The number of hydrogen-bond acceptors (Lipinski definition) is 4. The molecule has 2 aromatic rings. The summed E-state index contributed by atoms with van der Waals surface area (Å²) in [5.74, 6) is 1.23. The van der Waals surface area contributed by atoms with E-state index in [0.717, 1.165) is 11.1 Å². The molecule has 0 aliphatic carbocycles. The van der Waals surface area contributed by atoms with Gasteiger partial charge in [-0.15, -0.1) is 0 Å². The average molecular weight is 252 g/mol. The van der Waals surface area contributed by atoms with Gasteiger partial charge in [0.05, 0.1) is 30.1 Å². The number of nitriles is 2. The van der Waals surface area contributed by atoms with Crippen LogP contribution in [-0.2, 0) is 6.54 Å². The minimum atomic E-state index is 0.189. The van der Waals surface area contributed by atoms with Crippen LogP contribution < -0.4 is 4.74 Å². The van der Waals surface area contributed by atoms with Gasteiger partial charge in [0.1, 0.15) is 12.3 Å². The summed E-state index contributed by atoms with van der Waals surface area (Å²) >= 11 is 0. The summed E-state index contributed by atoms with van der Waals surface area (Å²) in [6.45, 7) is 3.93. The molecule has 94 valence electrons. The summed E-state index contributed by atoms with van der Waals surface area (Å²) in [6.07, 6.45) is 3.21. The summed E-state index contributed by atoms with van der Waals surface area (Å²) in [7, 11) is 0. The van der Waals surface area contributed by atoms with Gasteiger partial charge in [0.2, 0.25) is 0 Å². The first-order valence-electron chi connectivity index (χ1n) is 5.72. The summed E-state index contributed by atoms with van der Waals surface area (Å²) in [5.41, 5.74) is 2.43. The van der Waals surface area contributed by atoms with Crippen LogP contribution in [0.3, 0.4) is 0 Å². The Hall–Kier alpha value is -2.79. The van der Waals surface area contributed by atoms with Crippen LogP contribution in [-0.4, -0.2) is 9.78 Å². The third-order valence-corrected chi connectivity index (χ3v) is 2.70. The van der Waals surface area contributed by atoms with Crippen LogP contribution in [0, 0.1) is 36.5 Å². The van der Waals surface area contributed by atoms with Crippen LogP contribution in [0.2, 0.25) is 0 Å². The topological polar surface area (TPSA) is 74.6 Å². The van der Waals surface area contributed by atoms with Crippen molar-refractivity contribution in [1.82, 2.24) is 9.78 Å². The second kappa shape index (κ2) is 5.24. The lowest BCUT2D eigenvalue weighted by atomic mass is 10.0. The zero-order valence-electron chi connectivity index (χ0n) is 10.7. The smallest absolute Gasteiger partial charge is 0.165 e. The molecule has 0 aliphatic rings. The van der Waals surface area contributed by atoms with Crippen molar-refractivity contribution in [2.24, 2.45) is 0 Å². The van der Waals surface area contributed by atoms with Gasteiger partial charge in [-0.3, -0.25) is 4.68 Å². The Balaban J connectivity index is 2.24. The fourth-order valence-corrected chi connectivity index (χ4v) is 1.85. The molecule has 5 heteroatoms. The summed E-state index contributed by atoms with van der Waals surface area (Å²) in [4.78, 5) is 0. The maximum absolute atomic E-state index is 9.01. The van der Waals surface area contributed by atoms with E-state index >= 15 is 0 Å². The maximum Gasteiger partial charge on any atom is 0.165 e. The number of aromatic nitrogens is 2. The van der Waals surface area contributed by atoms with Crippen molar-refractivity contribution in [3.8, 4) is 23.6 Å². The number of benzene rings is 1. The van der Waals surface area contributed by atoms with Gasteiger partial charge < -0.3 is 4.74 Å². The van der Waals surface area contributed by atoms with Crippen molar-refractivity contribution < 1.29 is 4.74 Å². The Bertz CT molecular complexity index is 665. The Morgan fingerprint density at radius 2 is 1.89 bits per heavy atom. The van der Waals surface area contributed by atoms with Gasteiger partial charge in [-0.05, 0) is 37.1 Å². The van der Waals surface area contributed by atoms with Crippen LogP contribution in [0.25, 0.3) is 0 Å². The van der Waals surface area contributed by atoms with Gasteiger partial charge in [0, 0.05) is 0 Å². The van der Waals surface area contributed by atoms with Crippen LogP contribution in [0.5, 0.6) is 11.5 Å². The summed E-state index contributed by atoms with van der Waals surface area (Å²) in [6, 6.07) is 7.80. The zero-order valence-corrected chi connectivity index (χ0v) is 10.7. The van der Waals surface area contributed by atoms with Crippen LogP contribution >= 0.6 is 0 Å². The zero-order chi connectivity index (χ0) is 13.8. The average Bonchev–Trinajstić information content (AvgIpc) is 2.77. The van der Waals surface area contributed by atoms with Gasteiger partial charge in [-0.25, -0.2) is 0 Å². The van der Waals surface area contributed by atoms with Gasteiger partial charge in [-0.2, -0.15) is 15.6 Å². The molecule has 0 radical (unpaired) electrons. The molecule has 1 aromatic heterocycles. The van der Waals surface area contributed by atoms with E-state index in [1.807, 2.05) is 32.0 Å². The minimum absolute atomic E-state index is 0.189. The van der Waals surface area contributed by atoms with E-state index in [1.54, 1.807) is 12.4 Å². The van der Waals surface area contributed by atoms with Crippen molar-refractivity contribution in [3.05, 3.63) is 41.2 Å². The molecule has 1 aromatic carbocycles. The Morgan fingerprint density at radius 1 is 1.21 bits per heavy atom. The molecule has 0 aliphatic heterocycles. The summed E-state index contributed by atoms with van der Waals surface area (Å²) in [5, 5.41) is 21.6. The molecule has 5 nitrogen and oxygen atoms in total. The van der Waals surface area contributed by atoms with Gasteiger partial charge in [-0.1, -0.05) is 0 Å². The molecule has 0 saturated heterocycles. The second-order valence-electron chi connectivity index (χ2n) is 4.18. The van der Waals surface area contributed by atoms with Crippen molar-refractivity contribution in [2.45, 2.75) is 20.4 Å². The lowest BCUT2D eigenvalue weighted by molar-refractivity contribution is 0.481. The molecule has 19 heavy (non-hydrogen) atoms. The first kappa shape index (κ1) is 12.7. The largest absolute Gasteiger partial charge is 0.454 e. The highest BCUT2D eigenvalue weighted by atomic mass is 16.5. The maximum atomic E-state index is 9.01. The Labute approximate surface area is 111 Å². The van der Waals surface area contributed by atoms with E-state index in [0.29, 0.717) is 17.1 Å². The number of hydrogen-bond donors (Lipinski definition) is 0. The standard InChI is InChI=1S/C14H12N4O/c1-10-5-12(6-11(2)14(10)7-16)19-13-8-17-18(9-13)4-3-15/h5-6,8-9H,4H2,1-2H3. The van der Waals surface area contributed by atoms with Crippen molar-refractivity contribution in [3.63, 3.8) is 0 Å². The number of ether oxygens (including phenoxy) is 1. The molecule has 0 unspecified atom stereocenters. The molecule has 0 atom stereocenters. The summed E-state index contributed by atoms with van der Waals surface area (Å²) < 4.78 is 7.16. The van der Waals surface area contributed by atoms with Crippen LogP contribution in [0.4, 0.5) is 0 Å². The Morgan fingerprint density at radius 3 is 2.47 bits per heavy atom. The van der Waals surface area contributed by atoms with Gasteiger partial charge in [0.15, 0.2) is 5.75 Å². The minimum Gasteiger partial charge on any atom is -0.454 e. The molecule has 0 amide bonds. The Kier molecular flexibility index (Phi) is 3.49. The number of nitrogens with zero attached hydrogens (tertiary/aromatic N) is 4. The fraction of sp³-hybridized carbons (Fsp3) is 0.214. The third-order valence-electron chi connectivity index (χ3n) is 2.70. The van der Waals surface area contributed by atoms with E-state index in [-0.39, 0.29) is 6.54 Å². The van der Waals surface area contributed by atoms with E-state index in [2.05, 4.69) is 11.2 Å². The van der Waals surface area contributed by atoms with Gasteiger partial charge >= 0.3 is 0 Å². The van der Waals surface area contributed by atoms with Crippen molar-refractivity contribution in [1.29, 1.82) is 10.5 Å².